The van der Waals surface area contributed by atoms with Gasteiger partial charge in [0.1, 0.15) is 23.7 Å². The van der Waals surface area contributed by atoms with Gasteiger partial charge in [0.05, 0.1) is 13.0 Å². The summed E-state index contributed by atoms with van der Waals surface area (Å²) >= 11 is 0. The highest BCUT2D eigenvalue weighted by Crippen LogP contribution is 2.36. The lowest BCUT2D eigenvalue weighted by Crippen LogP contribution is -2.36. The van der Waals surface area contributed by atoms with Gasteiger partial charge in [0.2, 0.25) is 0 Å². The number of carbonyl (C=O) groups excluding carboxylic acids is 1. The predicted octanol–water partition coefficient (Wildman–Crippen LogP) is 6.73. The lowest BCUT2D eigenvalue weighted by Gasteiger charge is -2.29. The summed E-state index contributed by atoms with van der Waals surface area (Å²) < 4.78 is 55.8. The molecule has 3 aromatic rings. The Bertz CT molecular complexity index is 1100. The van der Waals surface area contributed by atoms with Gasteiger partial charge in [-0.05, 0) is 30.2 Å². The van der Waals surface area contributed by atoms with Crippen LogP contribution in [-0.2, 0) is 16.0 Å². The number of hydrogen-bond donors (Lipinski definition) is 0. The first-order valence-electron chi connectivity index (χ1n) is 10.2. The van der Waals surface area contributed by atoms with Crippen LogP contribution >= 0.6 is 0 Å². The summed E-state index contributed by atoms with van der Waals surface area (Å²) in [6.07, 6.45) is -3.83. The van der Waals surface area contributed by atoms with E-state index in [2.05, 4.69) is 13.5 Å². The maximum Gasteiger partial charge on any atom is 0.389 e. The van der Waals surface area contributed by atoms with E-state index in [0.29, 0.717) is 17.1 Å². The molecule has 170 valence electrons. The molecule has 0 saturated heterocycles. The fourth-order valence-electron chi connectivity index (χ4n) is 3.49. The molecule has 0 spiro atoms. The van der Waals surface area contributed by atoms with Crippen molar-refractivity contribution < 1.29 is 31.9 Å². The number of halogens is 3. The van der Waals surface area contributed by atoms with Gasteiger partial charge in [0.15, 0.2) is 0 Å². The number of benzene rings is 2. The molecule has 1 atom stereocenters. The van der Waals surface area contributed by atoms with Gasteiger partial charge in [-0.2, -0.15) is 13.2 Å². The molecule has 0 saturated carbocycles. The number of fused-ring (bicyclic) bond motifs is 1. The minimum Gasteiger partial charge on any atom is -0.493 e. The van der Waals surface area contributed by atoms with Crippen molar-refractivity contribution in [1.82, 2.24) is 0 Å². The van der Waals surface area contributed by atoms with Crippen LogP contribution in [0, 0.1) is 5.41 Å². The number of ether oxygens (including phenoxy) is 2. The van der Waals surface area contributed by atoms with Crippen LogP contribution in [0.25, 0.3) is 22.3 Å². The molecule has 0 fully saturated rings. The Morgan fingerprint density at radius 1 is 1.12 bits per heavy atom. The van der Waals surface area contributed by atoms with E-state index in [0.717, 1.165) is 29.0 Å². The van der Waals surface area contributed by atoms with Gasteiger partial charge < -0.3 is 13.9 Å². The van der Waals surface area contributed by atoms with Crippen molar-refractivity contribution in [2.75, 3.05) is 13.2 Å². The van der Waals surface area contributed by atoms with E-state index in [1.54, 1.807) is 18.2 Å². The average molecular weight is 446 g/mol. The predicted molar refractivity (Wildman–Crippen MR) is 116 cm³/mol. The molecule has 0 N–H and O–H groups in total. The molecule has 0 aliphatic rings. The van der Waals surface area contributed by atoms with Gasteiger partial charge in [-0.15, -0.1) is 0 Å². The number of hydrogen-bond acceptors (Lipinski definition) is 4. The highest BCUT2D eigenvalue weighted by molar-refractivity contribution is 5.84. The first-order valence-corrected chi connectivity index (χ1v) is 10.2. The molecule has 3 rings (SSSR count). The van der Waals surface area contributed by atoms with E-state index in [1.165, 1.54) is 6.92 Å². The molecule has 7 heteroatoms. The number of aryl methyl sites for hydroxylation is 1. The summed E-state index contributed by atoms with van der Waals surface area (Å²) in [5, 5.41) is 0.858. The molecular formula is C25H25F3O4. The summed E-state index contributed by atoms with van der Waals surface area (Å²) in [7, 11) is 0. The Kier molecular flexibility index (Phi) is 6.96. The number of rotatable bonds is 9. The van der Waals surface area contributed by atoms with Gasteiger partial charge in [-0.1, -0.05) is 44.7 Å². The van der Waals surface area contributed by atoms with Crippen molar-refractivity contribution in [2.45, 2.75) is 32.9 Å². The first-order chi connectivity index (χ1) is 15.1. The van der Waals surface area contributed by atoms with Crippen LogP contribution in [0.1, 0.15) is 25.8 Å². The van der Waals surface area contributed by atoms with Crippen LogP contribution in [0.3, 0.4) is 0 Å². The topological polar surface area (TPSA) is 48.7 Å². The third-order valence-corrected chi connectivity index (χ3v) is 5.10. The van der Waals surface area contributed by atoms with E-state index in [9.17, 15) is 18.0 Å². The minimum atomic E-state index is -4.44. The average Bonchev–Trinajstić information content (AvgIpc) is 3.18. The Labute approximate surface area is 184 Å². The Balaban J connectivity index is 1.79. The van der Waals surface area contributed by atoms with E-state index >= 15 is 0 Å². The van der Waals surface area contributed by atoms with E-state index < -0.39 is 30.6 Å². The monoisotopic (exact) mass is 446 g/mol. The third kappa shape index (κ3) is 5.93. The summed E-state index contributed by atoms with van der Waals surface area (Å²) in [4.78, 5) is 11.3. The molecule has 4 nitrogen and oxygen atoms in total. The normalized spacial score (nSPS) is 13.5. The number of alkyl halides is 3. The zero-order valence-electron chi connectivity index (χ0n) is 18.0. The highest BCUT2D eigenvalue weighted by Gasteiger charge is 2.41. The third-order valence-electron chi connectivity index (χ3n) is 5.10. The van der Waals surface area contributed by atoms with E-state index in [1.807, 2.05) is 30.3 Å². The van der Waals surface area contributed by atoms with Crippen LogP contribution in [0.15, 0.2) is 65.6 Å². The van der Waals surface area contributed by atoms with Gasteiger partial charge in [-0.3, -0.25) is 0 Å². The number of carbonyl (C=O) groups is 1. The molecule has 1 heterocycles. The van der Waals surface area contributed by atoms with E-state index in [-0.39, 0.29) is 6.61 Å². The highest BCUT2D eigenvalue weighted by atomic mass is 19.4. The number of esters is 1. The van der Waals surface area contributed by atoms with Gasteiger partial charge in [0.25, 0.3) is 0 Å². The van der Waals surface area contributed by atoms with Crippen molar-refractivity contribution in [3.05, 3.63) is 66.7 Å². The SMILES string of the molecule is C=CC(=O)OCC(C)(COc1ccc2cc(-c3ccccc3CC)oc2c1)CC(F)(F)F. The fraction of sp³-hybridized carbons (Fsp3) is 0.320. The molecule has 0 aliphatic heterocycles. The Morgan fingerprint density at radius 3 is 2.56 bits per heavy atom. The second-order valence-electron chi connectivity index (χ2n) is 8.02. The molecule has 0 aliphatic carbocycles. The second-order valence-corrected chi connectivity index (χ2v) is 8.02. The zero-order valence-corrected chi connectivity index (χ0v) is 18.0. The first kappa shape index (κ1) is 23.4. The quantitative estimate of drug-likeness (QED) is 0.270. The molecule has 0 bridgehead atoms. The summed E-state index contributed by atoms with van der Waals surface area (Å²) in [6.45, 7) is 5.94. The smallest absolute Gasteiger partial charge is 0.389 e. The maximum atomic E-state index is 13.1. The van der Waals surface area contributed by atoms with Crippen LogP contribution in [0.2, 0.25) is 0 Å². The fourth-order valence-corrected chi connectivity index (χ4v) is 3.49. The minimum absolute atomic E-state index is 0.297. The molecule has 1 aromatic heterocycles. The van der Waals surface area contributed by atoms with Crippen LogP contribution in [0.4, 0.5) is 13.2 Å². The summed E-state index contributed by atoms with van der Waals surface area (Å²) in [5.41, 5.74) is 1.26. The van der Waals surface area contributed by atoms with Gasteiger partial charge in [0, 0.05) is 28.5 Å². The van der Waals surface area contributed by atoms with Crippen LogP contribution in [0.5, 0.6) is 5.75 Å². The summed E-state index contributed by atoms with van der Waals surface area (Å²) in [5.74, 6) is 0.300. The largest absolute Gasteiger partial charge is 0.493 e. The van der Waals surface area contributed by atoms with Gasteiger partial charge >= 0.3 is 12.1 Å². The molecule has 32 heavy (non-hydrogen) atoms. The van der Waals surface area contributed by atoms with Crippen molar-refractivity contribution >= 4 is 16.9 Å². The van der Waals surface area contributed by atoms with Crippen molar-refractivity contribution in [2.24, 2.45) is 5.41 Å². The molecule has 0 amide bonds. The standard InChI is InChI=1S/C25H25F3O4/c1-4-17-8-6-7-9-20(17)22-12-18-10-11-19(13-21(18)32-22)30-15-24(3,14-25(26,27)28)16-31-23(29)5-2/h5-13H,2,4,14-16H2,1,3H3. The second kappa shape index (κ2) is 9.51. The number of furan rings is 1. The Morgan fingerprint density at radius 2 is 1.88 bits per heavy atom. The lowest BCUT2D eigenvalue weighted by atomic mass is 9.88. The van der Waals surface area contributed by atoms with Crippen molar-refractivity contribution in [1.29, 1.82) is 0 Å². The molecule has 2 aromatic carbocycles. The Hall–Kier alpha value is -3.22. The summed E-state index contributed by atoms with van der Waals surface area (Å²) in [6, 6.07) is 15.0. The van der Waals surface area contributed by atoms with Crippen molar-refractivity contribution in [3.8, 4) is 17.1 Å². The van der Waals surface area contributed by atoms with Gasteiger partial charge in [-0.25, -0.2) is 4.79 Å². The maximum absolute atomic E-state index is 13.1. The molecular weight excluding hydrogens is 421 g/mol. The molecule has 1 unspecified atom stereocenters. The van der Waals surface area contributed by atoms with Crippen LogP contribution in [-0.4, -0.2) is 25.4 Å². The van der Waals surface area contributed by atoms with Crippen molar-refractivity contribution in [3.63, 3.8) is 0 Å². The zero-order chi connectivity index (χ0) is 23.4. The lowest BCUT2D eigenvalue weighted by molar-refractivity contribution is -0.172. The molecule has 0 radical (unpaired) electrons. The van der Waals surface area contributed by atoms with E-state index in [4.69, 9.17) is 13.9 Å². The van der Waals surface area contributed by atoms with Crippen LogP contribution < -0.4 is 4.74 Å².